The maximum absolute atomic E-state index is 12.9. The number of hydrogen-bond acceptors (Lipinski definition) is 4. The summed E-state index contributed by atoms with van der Waals surface area (Å²) < 4.78 is 12.7. The number of allylic oxidation sites excluding steroid dienone is 2. The van der Waals surface area contributed by atoms with Crippen LogP contribution >= 0.6 is 0 Å². The molecule has 0 N–H and O–H groups in total. The summed E-state index contributed by atoms with van der Waals surface area (Å²) in [6, 6.07) is 4.35. The number of fused-ring (bicyclic) bond motifs is 3. The van der Waals surface area contributed by atoms with Crippen LogP contribution in [0.5, 0.6) is 11.5 Å². The molecular formula is C28H41NO3. The number of carbonyl (C=O) groups excluding carboxylic acids is 1. The fourth-order valence-corrected chi connectivity index (χ4v) is 5.84. The molecule has 32 heavy (non-hydrogen) atoms. The van der Waals surface area contributed by atoms with Gasteiger partial charge in [0.1, 0.15) is 17.1 Å². The maximum atomic E-state index is 12.9. The third kappa shape index (κ3) is 5.22. The van der Waals surface area contributed by atoms with E-state index in [0.717, 1.165) is 62.4 Å². The van der Waals surface area contributed by atoms with Crippen LogP contribution in [0.1, 0.15) is 96.1 Å². The molecule has 2 unspecified atom stereocenters. The van der Waals surface area contributed by atoms with Crippen molar-refractivity contribution in [3.63, 3.8) is 0 Å². The lowest BCUT2D eigenvalue weighted by atomic mass is 9.67. The van der Waals surface area contributed by atoms with Crippen molar-refractivity contribution in [2.24, 2.45) is 5.92 Å². The number of aryl methyl sites for hydroxylation is 1. The number of nitrogens with zero attached hydrogens (tertiary/aromatic N) is 1. The first-order valence-electron chi connectivity index (χ1n) is 12.8. The van der Waals surface area contributed by atoms with Crippen LogP contribution in [0.15, 0.2) is 23.8 Å². The van der Waals surface area contributed by atoms with Crippen LogP contribution in [0.4, 0.5) is 0 Å². The molecule has 0 spiro atoms. The number of esters is 1. The minimum atomic E-state index is -0.228. The minimum absolute atomic E-state index is 0.116. The molecule has 3 aliphatic rings. The van der Waals surface area contributed by atoms with Crippen LogP contribution in [-0.4, -0.2) is 36.1 Å². The average Bonchev–Trinajstić information content (AvgIpc) is 3.25. The van der Waals surface area contributed by atoms with E-state index in [1.807, 2.05) is 0 Å². The van der Waals surface area contributed by atoms with E-state index >= 15 is 0 Å². The fraction of sp³-hybridized carbons (Fsp3) is 0.679. The van der Waals surface area contributed by atoms with Gasteiger partial charge in [-0.25, -0.2) is 0 Å². The molecule has 1 aliphatic carbocycles. The lowest BCUT2D eigenvalue weighted by molar-refractivity contribution is -0.134. The second-order valence-electron chi connectivity index (χ2n) is 10.6. The van der Waals surface area contributed by atoms with Crippen molar-refractivity contribution in [1.82, 2.24) is 4.90 Å². The third-order valence-electron chi connectivity index (χ3n) is 7.67. The molecule has 4 nitrogen and oxygen atoms in total. The Morgan fingerprint density at radius 1 is 1.22 bits per heavy atom. The Bertz CT molecular complexity index is 850. The van der Waals surface area contributed by atoms with Crippen molar-refractivity contribution in [2.75, 3.05) is 19.6 Å². The zero-order valence-electron chi connectivity index (χ0n) is 20.5. The molecule has 4 rings (SSSR count). The van der Waals surface area contributed by atoms with Gasteiger partial charge in [-0.3, -0.25) is 4.79 Å². The van der Waals surface area contributed by atoms with Crippen LogP contribution in [0.25, 0.3) is 0 Å². The van der Waals surface area contributed by atoms with Gasteiger partial charge < -0.3 is 14.4 Å². The standard InChI is InChI=1S/C28H41NO3/c1-5-6-7-10-21-18-24(31-26(30)13-16-29-14-8-9-15-29)27-22-17-20(2)11-12-23(22)28(3,4)32-25(27)19-21/h11,18-19,22-23H,5-10,12-17H2,1-4H3. The lowest BCUT2D eigenvalue weighted by Crippen LogP contribution is -2.45. The van der Waals surface area contributed by atoms with Gasteiger partial charge >= 0.3 is 5.97 Å². The van der Waals surface area contributed by atoms with Gasteiger partial charge in [0.2, 0.25) is 0 Å². The molecule has 2 aliphatic heterocycles. The molecule has 1 fully saturated rings. The molecule has 0 aromatic heterocycles. The van der Waals surface area contributed by atoms with Crippen molar-refractivity contribution < 1.29 is 14.3 Å². The van der Waals surface area contributed by atoms with Gasteiger partial charge in [0.15, 0.2) is 0 Å². The summed E-state index contributed by atoms with van der Waals surface area (Å²) in [5.41, 5.74) is 3.54. The van der Waals surface area contributed by atoms with E-state index in [0.29, 0.717) is 18.3 Å². The first-order valence-corrected chi connectivity index (χ1v) is 12.8. The number of ether oxygens (including phenoxy) is 2. The minimum Gasteiger partial charge on any atom is -0.487 e. The molecule has 0 radical (unpaired) electrons. The zero-order chi connectivity index (χ0) is 22.7. The van der Waals surface area contributed by atoms with Crippen LogP contribution in [0.2, 0.25) is 0 Å². The molecular weight excluding hydrogens is 398 g/mol. The Labute approximate surface area is 194 Å². The largest absolute Gasteiger partial charge is 0.487 e. The molecule has 1 saturated heterocycles. The van der Waals surface area contributed by atoms with Crippen LogP contribution < -0.4 is 9.47 Å². The van der Waals surface area contributed by atoms with E-state index in [9.17, 15) is 4.79 Å². The van der Waals surface area contributed by atoms with Crippen LogP contribution in [0.3, 0.4) is 0 Å². The fourth-order valence-electron chi connectivity index (χ4n) is 5.84. The summed E-state index contributed by atoms with van der Waals surface area (Å²) in [5, 5.41) is 0. The highest BCUT2D eigenvalue weighted by molar-refractivity contribution is 5.74. The van der Waals surface area contributed by atoms with Gasteiger partial charge in [0, 0.05) is 23.9 Å². The van der Waals surface area contributed by atoms with E-state index in [1.54, 1.807) is 0 Å². The molecule has 4 heteroatoms. The Kier molecular flexibility index (Phi) is 7.29. The predicted molar refractivity (Wildman–Crippen MR) is 130 cm³/mol. The molecule has 2 heterocycles. The zero-order valence-corrected chi connectivity index (χ0v) is 20.5. The average molecular weight is 440 g/mol. The Morgan fingerprint density at radius 3 is 2.75 bits per heavy atom. The lowest BCUT2D eigenvalue weighted by Gasteiger charge is -2.47. The quantitative estimate of drug-likeness (QED) is 0.203. The first-order chi connectivity index (χ1) is 15.4. The number of rotatable bonds is 8. The second kappa shape index (κ2) is 9.99. The highest BCUT2D eigenvalue weighted by Crippen LogP contribution is 2.54. The van der Waals surface area contributed by atoms with Gasteiger partial charge in [0.05, 0.1) is 6.42 Å². The highest BCUT2D eigenvalue weighted by Gasteiger charge is 2.46. The Hall–Kier alpha value is -1.81. The van der Waals surface area contributed by atoms with Crippen molar-refractivity contribution in [1.29, 1.82) is 0 Å². The molecule has 0 bridgehead atoms. The molecule has 1 aromatic rings. The SMILES string of the molecule is CCCCCc1cc(OC(=O)CCN2CCCC2)c2c(c1)OC(C)(C)C1CC=C(C)CC21. The smallest absolute Gasteiger partial charge is 0.312 e. The van der Waals surface area contributed by atoms with E-state index < -0.39 is 0 Å². The highest BCUT2D eigenvalue weighted by atomic mass is 16.5. The summed E-state index contributed by atoms with van der Waals surface area (Å²) in [7, 11) is 0. The number of hydrogen-bond donors (Lipinski definition) is 0. The normalized spacial score (nSPS) is 24.3. The maximum Gasteiger partial charge on any atom is 0.312 e. The topological polar surface area (TPSA) is 38.8 Å². The van der Waals surface area contributed by atoms with Crippen molar-refractivity contribution >= 4 is 5.97 Å². The molecule has 2 atom stereocenters. The van der Waals surface area contributed by atoms with Gasteiger partial charge in [-0.15, -0.1) is 0 Å². The summed E-state index contributed by atoms with van der Waals surface area (Å²) in [4.78, 5) is 15.2. The third-order valence-corrected chi connectivity index (χ3v) is 7.67. The van der Waals surface area contributed by atoms with E-state index in [1.165, 1.54) is 36.8 Å². The van der Waals surface area contributed by atoms with Crippen molar-refractivity contribution in [3.05, 3.63) is 34.9 Å². The number of carbonyl (C=O) groups is 1. The van der Waals surface area contributed by atoms with E-state index in [-0.39, 0.29) is 11.6 Å². The van der Waals surface area contributed by atoms with Gasteiger partial charge in [0.25, 0.3) is 0 Å². The van der Waals surface area contributed by atoms with Crippen molar-refractivity contribution in [3.8, 4) is 11.5 Å². The first kappa shape index (κ1) is 23.4. The summed E-state index contributed by atoms with van der Waals surface area (Å²) in [5.74, 6) is 2.30. The van der Waals surface area contributed by atoms with Crippen LogP contribution in [-0.2, 0) is 11.2 Å². The number of unbranched alkanes of at least 4 members (excludes halogenated alkanes) is 2. The Balaban J connectivity index is 1.62. The van der Waals surface area contributed by atoms with E-state index in [2.05, 4.69) is 50.8 Å². The van der Waals surface area contributed by atoms with Crippen molar-refractivity contribution in [2.45, 2.75) is 97.0 Å². The number of likely N-dealkylation sites (tertiary alicyclic amines) is 1. The molecule has 0 amide bonds. The predicted octanol–water partition coefficient (Wildman–Crippen LogP) is 6.42. The van der Waals surface area contributed by atoms with Gasteiger partial charge in [-0.1, -0.05) is 31.4 Å². The molecule has 176 valence electrons. The molecule has 1 aromatic carbocycles. The summed E-state index contributed by atoms with van der Waals surface area (Å²) >= 11 is 0. The number of benzene rings is 1. The molecule has 0 saturated carbocycles. The monoisotopic (exact) mass is 439 g/mol. The summed E-state index contributed by atoms with van der Waals surface area (Å²) in [6.07, 6.45) is 11.9. The Morgan fingerprint density at radius 2 is 2.00 bits per heavy atom. The second-order valence-corrected chi connectivity index (χ2v) is 10.6. The van der Waals surface area contributed by atoms with Gasteiger partial charge in [-0.2, -0.15) is 0 Å². The van der Waals surface area contributed by atoms with Gasteiger partial charge in [-0.05, 0) is 90.1 Å². The van der Waals surface area contributed by atoms with E-state index in [4.69, 9.17) is 9.47 Å². The van der Waals surface area contributed by atoms with Crippen LogP contribution in [0, 0.1) is 5.92 Å². The summed E-state index contributed by atoms with van der Waals surface area (Å²) in [6.45, 7) is 11.9.